The number of anilines is 1. The smallest absolute Gasteiger partial charge is 0.229 e. The average molecular weight is 302 g/mol. The first-order valence-electron chi connectivity index (χ1n) is 5.82. The van der Waals surface area contributed by atoms with Crippen molar-refractivity contribution in [1.29, 1.82) is 0 Å². The fourth-order valence-electron chi connectivity index (χ4n) is 1.99. The molecule has 0 atom stereocenters. The molecule has 1 aromatic rings. The SMILES string of the molecule is O=C(NC(=S)Nc1n[nH]c(=S)s1)C1CCCCC1. The summed E-state index contributed by atoms with van der Waals surface area (Å²) in [4.78, 5) is 11.9. The lowest BCUT2D eigenvalue weighted by molar-refractivity contribution is -0.124. The van der Waals surface area contributed by atoms with Crippen molar-refractivity contribution in [2.24, 2.45) is 5.92 Å². The molecule has 1 aliphatic rings. The molecular formula is C10H14N4OS3. The van der Waals surface area contributed by atoms with Crippen LogP contribution < -0.4 is 10.6 Å². The predicted molar refractivity (Wildman–Crippen MR) is 78.2 cm³/mol. The highest BCUT2D eigenvalue weighted by molar-refractivity contribution is 7.80. The molecule has 3 N–H and O–H groups in total. The van der Waals surface area contributed by atoms with Crippen molar-refractivity contribution >= 4 is 51.9 Å². The molecule has 0 saturated heterocycles. The third-order valence-electron chi connectivity index (χ3n) is 2.87. The van der Waals surface area contributed by atoms with Crippen molar-refractivity contribution < 1.29 is 4.79 Å². The van der Waals surface area contributed by atoms with Crippen molar-refractivity contribution in [1.82, 2.24) is 15.5 Å². The average Bonchev–Trinajstić information content (AvgIpc) is 2.75. The first-order valence-corrected chi connectivity index (χ1v) is 7.46. The number of thiocarbonyl (C=S) groups is 1. The minimum atomic E-state index is 0.00586. The second-order valence-corrected chi connectivity index (χ2v) is 6.27. The van der Waals surface area contributed by atoms with Crippen molar-refractivity contribution in [3.05, 3.63) is 3.95 Å². The molecule has 5 nitrogen and oxygen atoms in total. The van der Waals surface area contributed by atoms with Crippen molar-refractivity contribution in [3.63, 3.8) is 0 Å². The Morgan fingerprint density at radius 2 is 2.11 bits per heavy atom. The summed E-state index contributed by atoms with van der Waals surface area (Å²) in [7, 11) is 0. The maximum atomic E-state index is 11.9. The number of nitrogens with one attached hydrogen (secondary N) is 3. The highest BCUT2D eigenvalue weighted by Gasteiger charge is 2.21. The van der Waals surface area contributed by atoms with E-state index in [-0.39, 0.29) is 16.9 Å². The van der Waals surface area contributed by atoms with Gasteiger partial charge >= 0.3 is 0 Å². The van der Waals surface area contributed by atoms with Gasteiger partial charge in [-0.3, -0.25) is 9.89 Å². The molecule has 1 aromatic heterocycles. The van der Waals surface area contributed by atoms with Gasteiger partial charge in [0.25, 0.3) is 0 Å². The Morgan fingerprint density at radius 1 is 1.39 bits per heavy atom. The van der Waals surface area contributed by atoms with Crippen LogP contribution in [0.25, 0.3) is 0 Å². The maximum Gasteiger partial charge on any atom is 0.229 e. The van der Waals surface area contributed by atoms with E-state index in [1.807, 2.05) is 0 Å². The van der Waals surface area contributed by atoms with Crippen LogP contribution in [0.4, 0.5) is 5.13 Å². The molecule has 8 heteroatoms. The Balaban J connectivity index is 1.83. The van der Waals surface area contributed by atoms with Gasteiger partial charge < -0.3 is 10.6 Å². The molecule has 0 radical (unpaired) electrons. The molecule has 0 bridgehead atoms. The van der Waals surface area contributed by atoms with E-state index in [0.717, 1.165) is 25.7 Å². The summed E-state index contributed by atoms with van der Waals surface area (Å²) in [5, 5.41) is 12.9. The van der Waals surface area contributed by atoms with Gasteiger partial charge in [0.15, 0.2) is 9.07 Å². The molecule has 1 amide bonds. The van der Waals surface area contributed by atoms with E-state index < -0.39 is 0 Å². The summed E-state index contributed by atoms with van der Waals surface area (Å²) in [5.41, 5.74) is 0. The maximum absolute atomic E-state index is 11.9. The highest BCUT2D eigenvalue weighted by atomic mass is 32.1. The Kier molecular flexibility index (Phi) is 4.79. The van der Waals surface area contributed by atoms with Crippen LogP contribution in [0, 0.1) is 9.87 Å². The number of aromatic amines is 1. The number of carbonyl (C=O) groups excluding carboxylic acids is 1. The second-order valence-electron chi connectivity index (χ2n) is 4.20. The summed E-state index contributed by atoms with van der Waals surface area (Å²) in [5.74, 6) is 0.0993. The van der Waals surface area contributed by atoms with Crippen LogP contribution in [-0.4, -0.2) is 21.2 Å². The van der Waals surface area contributed by atoms with E-state index >= 15 is 0 Å². The van der Waals surface area contributed by atoms with Crippen LogP contribution >= 0.6 is 35.8 Å². The van der Waals surface area contributed by atoms with E-state index in [1.165, 1.54) is 17.8 Å². The minimum Gasteiger partial charge on any atom is -0.307 e. The van der Waals surface area contributed by atoms with Crippen molar-refractivity contribution in [2.75, 3.05) is 5.32 Å². The highest BCUT2D eigenvalue weighted by Crippen LogP contribution is 2.23. The number of hydrogen-bond donors (Lipinski definition) is 3. The number of H-pyrrole nitrogens is 1. The zero-order chi connectivity index (χ0) is 13.0. The standard InChI is InChI=1S/C10H14N4OS3/c15-7(6-4-2-1-3-5-6)11-8(16)12-9-13-14-10(17)18-9/h6H,1-5H2,(H,14,17)(H2,11,12,13,15,16). The summed E-state index contributed by atoms with van der Waals surface area (Å²) < 4.78 is 0.568. The van der Waals surface area contributed by atoms with E-state index in [1.54, 1.807) is 0 Å². The lowest BCUT2D eigenvalue weighted by Crippen LogP contribution is -2.38. The third kappa shape index (κ3) is 3.82. The van der Waals surface area contributed by atoms with Gasteiger partial charge in [-0.2, -0.15) is 0 Å². The monoisotopic (exact) mass is 302 g/mol. The quantitative estimate of drug-likeness (QED) is 0.733. The number of carbonyl (C=O) groups is 1. The topological polar surface area (TPSA) is 69.8 Å². The largest absolute Gasteiger partial charge is 0.307 e. The van der Waals surface area contributed by atoms with Crippen LogP contribution in [-0.2, 0) is 4.79 Å². The second kappa shape index (κ2) is 6.35. The molecule has 0 spiro atoms. The summed E-state index contributed by atoms with van der Waals surface area (Å²) >= 11 is 11.2. The van der Waals surface area contributed by atoms with Crippen LogP contribution in [0.2, 0.25) is 0 Å². The van der Waals surface area contributed by atoms with E-state index in [4.69, 9.17) is 24.4 Å². The van der Waals surface area contributed by atoms with E-state index in [2.05, 4.69) is 20.8 Å². The van der Waals surface area contributed by atoms with Crippen LogP contribution in [0.15, 0.2) is 0 Å². The lowest BCUT2D eigenvalue weighted by atomic mass is 9.89. The lowest BCUT2D eigenvalue weighted by Gasteiger charge is -2.20. The molecular weight excluding hydrogens is 288 g/mol. The Morgan fingerprint density at radius 3 is 2.72 bits per heavy atom. The van der Waals surface area contributed by atoms with Gasteiger partial charge in [0, 0.05) is 5.92 Å². The molecule has 1 heterocycles. The number of nitrogens with zero attached hydrogens (tertiary/aromatic N) is 1. The predicted octanol–water partition coefficient (Wildman–Crippen LogP) is 2.59. The van der Waals surface area contributed by atoms with E-state index in [0.29, 0.717) is 9.09 Å². The molecule has 18 heavy (non-hydrogen) atoms. The van der Waals surface area contributed by atoms with Gasteiger partial charge in [-0.25, -0.2) is 0 Å². The van der Waals surface area contributed by atoms with Crippen LogP contribution in [0.5, 0.6) is 0 Å². The van der Waals surface area contributed by atoms with Gasteiger partial charge in [-0.1, -0.05) is 30.6 Å². The number of hydrogen-bond acceptors (Lipinski definition) is 5. The first kappa shape index (κ1) is 13.6. The zero-order valence-electron chi connectivity index (χ0n) is 9.69. The van der Waals surface area contributed by atoms with Crippen molar-refractivity contribution in [3.8, 4) is 0 Å². The van der Waals surface area contributed by atoms with Crippen LogP contribution in [0.3, 0.4) is 0 Å². The molecule has 0 unspecified atom stereocenters. The molecule has 98 valence electrons. The van der Waals surface area contributed by atoms with Crippen LogP contribution in [0.1, 0.15) is 32.1 Å². The van der Waals surface area contributed by atoms with Crippen molar-refractivity contribution in [2.45, 2.75) is 32.1 Å². The molecule has 1 saturated carbocycles. The van der Waals surface area contributed by atoms with Gasteiger partial charge in [0.2, 0.25) is 11.0 Å². The van der Waals surface area contributed by atoms with Gasteiger partial charge in [-0.15, -0.1) is 5.10 Å². The minimum absolute atomic E-state index is 0.00586. The summed E-state index contributed by atoms with van der Waals surface area (Å²) in [6.45, 7) is 0. The van der Waals surface area contributed by atoms with Gasteiger partial charge in [-0.05, 0) is 37.3 Å². The fourth-order valence-corrected chi connectivity index (χ4v) is 3.05. The Labute approximate surface area is 119 Å². The normalized spacial score (nSPS) is 16.2. The Bertz CT molecular complexity index is 489. The molecule has 2 rings (SSSR count). The summed E-state index contributed by atoms with van der Waals surface area (Å²) in [6.07, 6.45) is 5.38. The third-order valence-corrected chi connectivity index (χ3v) is 4.08. The summed E-state index contributed by atoms with van der Waals surface area (Å²) in [6, 6.07) is 0. The van der Waals surface area contributed by atoms with Gasteiger partial charge in [0.05, 0.1) is 0 Å². The molecule has 0 aliphatic heterocycles. The number of amides is 1. The first-order chi connectivity index (χ1) is 8.65. The Hall–Kier alpha value is -0.860. The fraction of sp³-hybridized carbons (Fsp3) is 0.600. The van der Waals surface area contributed by atoms with E-state index in [9.17, 15) is 4.79 Å². The molecule has 1 fully saturated rings. The number of aromatic nitrogens is 2. The molecule has 1 aliphatic carbocycles. The van der Waals surface area contributed by atoms with Gasteiger partial charge in [0.1, 0.15) is 0 Å². The molecule has 0 aromatic carbocycles. The number of rotatable bonds is 2. The zero-order valence-corrected chi connectivity index (χ0v) is 12.1.